The maximum Gasteiger partial charge on any atom is 0.182 e. The van der Waals surface area contributed by atoms with E-state index in [2.05, 4.69) is 0 Å². The van der Waals surface area contributed by atoms with Gasteiger partial charge in [0, 0.05) is 16.5 Å². The van der Waals surface area contributed by atoms with Gasteiger partial charge in [0.25, 0.3) is 0 Å². The van der Waals surface area contributed by atoms with Crippen LogP contribution in [0.1, 0.15) is 0 Å². The molecule has 2 aromatic rings. The van der Waals surface area contributed by atoms with Gasteiger partial charge >= 0.3 is 0 Å². The highest BCUT2D eigenvalue weighted by Gasteiger charge is 2.13. The lowest BCUT2D eigenvalue weighted by Crippen LogP contribution is -1.99. The van der Waals surface area contributed by atoms with Gasteiger partial charge in [-0.05, 0) is 18.2 Å². The Balaban J connectivity index is 2.98. The molecule has 0 aromatic heterocycles. The Morgan fingerprint density at radius 2 is 1.53 bits per heavy atom. The van der Waals surface area contributed by atoms with E-state index in [0.29, 0.717) is 0 Å². The van der Waals surface area contributed by atoms with Gasteiger partial charge in [0.15, 0.2) is 11.6 Å². The van der Waals surface area contributed by atoms with Crippen molar-refractivity contribution in [3.63, 3.8) is 0 Å². The molecular weight excluding hydrogens is 205 g/mol. The summed E-state index contributed by atoms with van der Waals surface area (Å²) in [6.07, 6.45) is 0. The number of rotatable bonds is 0. The predicted molar refractivity (Wildman–Crippen MR) is 52.6 cm³/mol. The fourth-order valence-corrected chi connectivity index (χ4v) is 1.46. The van der Waals surface area contributed by atoms with Crippen LogP contribution in [-0.4, -0.2) is 0 Å². The fourth-order valence-electron chi connectivity index (χ4n) is 1.46. The van der Waals surface area contributed by atoms with Crippen molar-refractivity contribution in [3.8, 4) is 0 Å². The number of fused-ring (bicyclic) bond motifs is 1. The van der Waals surface area contributed by atoms with Crippen molar-refractivity contribution in [3.05, 3.63) is 35.7 Å². The van der Waals surface area contributed by atoms with E-state index in [1.54, 1.807) is 0 Å². The molecule has 5 heteroatoms. The molecule has 2 rings (SSSR count). The Hall–Kier alpha value is -1.91. The predicted octanol–water partition coefficient (Wildman–Crippen LogP) is 2.42. The Labute approximate surface area is 83.3 Å². The summed E-state index contributed by atoms with van der Waals surface area (Å²) in [5.41, 5.74) is 10.4. The summed E-state index contributed by atoms with van der Waals surface area (Å²) < 4.78 is 39.0. The van der Waals surface area contributed by atoms with Gasteiger partial charge in [-0.25, -0.2) is 13.2 Å². The summed E-state index contributed by atoms with van der Waals surface area (Å²) in [5.74, 6) is -2.93. The first kappa shape index (κ1) is 9.64. The summed E-state index contributed by atoms with van der Waals surface area (Å²) in [6.45, 7) is 0. The Bertz CT molecular complexity index is 552. The second-order valence-electron chi connectivity index (χ2n) is 3.18. The van der Waals surface area contributed by atoms with Gasteiger partial charge in [-0.3, -0.25) is 0 Å². The van der Waals surface area contributed by atoms with Crippen LogP contribution in [0.15, 0.2) is 18.2 Å². The highest BCUT2D eigenvalue weighted by Crippen LogP contribution is 2.30. The molecule has 0 radical (unpaired) electrons. The van der Waals surface area contributed by atoms with Crippen molar-refractivity contribution in [2.75, 3.05) is 11.5 Å². The lowest BCUT2D eigenvalue weighted by molar-refractivity contribution is 0.514. The molecule has 0 amide bonds. The molecule has 0 fully saturated rings. The zero-order valence-electron chi connectivity index (χ0n) is 7.52. The third kappa shape index (κ3) is 1.36. The van der Waals surface area contributed by atoms with Crippen molar-refractivity contribution >= 4 is 22.1 Å². The third-order valence-corrected chi connectivity index (χ3v) is 2.18. The highest BCUT2D eigenvalue weighted by atomic mass is 19.2. The van der Waals surface area contributed by atoms with Crippen molar-refractivity contribution in [1.82, 2.24) is 0 Å². The fraction of sp³-hybridized carbons (Fsp3) is 0. The molecule has 0 bridgehead atoms. The van der Waals surface area contributed by atoms with Crippen molar-refractivity contribution in [1.29, 1.82) is 0 Å². The van der Waals surface area contributed by atoms with Gasteiger partial charge in [0.1, 0.15) is 5.82 Å². The summed E-state index contributed by atoms with van der Waals surface area (Å²) in [7, 11) is 0. The third-order valence-electron chi connectivity index (χ3n) is 2.18. The Kier molecular flexibility index (Phi) is 1.96. The van der Waals surface area contributed by atoms with Crippen LogP contribution in [0.5, 0.6) is 0 Å². The standard InChI is InChI=1S/C10H7F3N2/c11-4-1-6-5(8(14)2-4)3-7(12)9(13)10(6)15/h1-3H,14-15H2. The topological polar surface area (TPSA) is 52.0 Å². The van der Waals surface area contributed by atoms with Crippen molar-refractivity contribution < 1.29 is 13.2 Å². The van der Waals surface area contributed by atoms with Gasteiger partial charge in [-0.1, -0.05) is 0 Å². The molecular formula is C10H7F3N2. The molecule has 0 saturated heterocycles. The number of nitrogen functional groups attached to an aromatic ring is 2. The summed E-state index contributed by atoms with van der Waals surface area (Å²) in [4.78, 5) is 0. The zero-order chi connectivity index (χ0) is 11.2. The largest absolute Gasteiger partial charge is 0.398 e. The summed E-state index contributed by atoms with van der Waals surface area (Å²) in [6, 6.07) is 2.94. The van der Waals surface area contributed by atoms with Gasteiger partial charge in [-0.15, -0.1) is 0 Å². The zero-order valence-corrected chi connectivity index (χ0v) is 7.52. The normalized spacial score (nSPS) is 10.9. The van der Waals surface area contributed by atoms with Gasteiger partial charge in [0.05, 0.1) is 5.69 Å². The average Bonchev–Trinajstić information content (AvgIpc) is 2.17. The van der Waals surface area contributed by atoms with Crippen molar-refractivity contribution in [2.45, 2.75) is 0 Å². The van der Waals surface area contributed by atoms with Crippen LogP contribution in [0.4, 0.5) is 24.5 Å². The number of hydrogen-bond donors (Lipinski definition) is 2. The molecule has 0 aliphatic carbocycles. The second-order valence-corrected chi connectivity index (χ2v) is 3.18. The number of anilines is 2. The Morgan fingerprint density at radius 1 is 0.867 bits per heavy atom. The second kappa shape index (κ2) is 3.05. The van der Waals surface area contributed by atoms with E-state index in [9.17, 15) is 13.2 Å². The minimum Gasteiger partial charge on any atom is -0.398 e. The quantitative estimate of drug-likeness (QED) is 0.659. The molecule has 0 aliphatic heterocycles. The summed E-state index contributed by atoms with van der Waals surface area (Å²) >= 11 is 0. The maximum absolute atomic E-state index is 13.1. The van der Waals surface area contributed by atoms with E-state index >= 15 is 0 Å². The molecule has 0 heterocycles. The number of benzene rings is 2. The number of hydrogen-bond acceptors (Lipinski definition) is 2. The van der Waals surface area contributed by atoms with E-state index in [0.717, 1.165) is 18.2 Å². The van der Waals surface area contributed by atoms with Crippen LogP contribution in [0.3, 0.4) is 0 Å². The first-order chi connectivity index (χ1) is 7.00. The first-order valence-electron chi connectivity index (χ1n) is 4.13. The highest BCUT2D eigenvalue weighted by molar-refractivity contribution is 6.00. The van der Waals surface area contributed by atoms with Crippen LogP contribution in [0.2, 0.25) is 0 Å². The number of nitrogens with two attached hydrogens (primary N) is 2. The van der Waals surface area contributed by atoms with E-state index in [-0.39, 0.29) is 16.5 Å². The maximum atomic E-state index is 13.1. The molecule has 0 atom stereocenters. The van der Waals surface area contributed by atoms with Gasteiger partial charge in [-0.2, -0.15) is 0 Å². The monoisotopic (exact) mass is 212 g/mol. The number of halogens is 3. The molecule has 15 heavy (non-hydrogen) atoms. The lowest BCUT2D eigenvalue weighted by atomic mass is 10.1. The molecule has 0 aliphatic rings. The molecule has 2 aromatic carbocycles. The smallest absolute Gasteiger partial charge is 0.182 e. The van der Waals surface area contributed by atoms with Crippen LogP contribution >= 0.6 is 0 Å². The van der Waals surface area contributed by atoms with E-state index < -0.39 is 23.1 Å². The van der Waals surface area contributed by atoms with E-state index in [4.69, 9.17) is 11.5 Å². The van der Waals surface area contributed by atoms with Gasteiger partial charge in [0.2, 0.25) is 0 Å². The molecule has 4 N–H and O–H groups in total. The van der Waals surface area contributed by atoms with Gasteiger partial charge < -0.3 is 11.5 Å². The molecule has 0 spiro atoms. The van der Waals surface area contributed by atoms with Crippen molar-refractivity contribution in [2.24, 2.45) is 0 Å². The average molecular weight is 212 g/mol. The molecule has 78 valence electrons. The van der Waals surface area contributed by atoms with Crippen LogP contribution < -0.4 is 11.5 Å². The molecule has 2 nitrogen and oxygen atoms in total. The lowest BCUT2D eigenvalue weighted by Gasteiger charge is -2.07. The Morgan fingerprint density at radius 3 is 2.20 bits per heavy atom. The minimum absolute atomic E-state index is 0.0237. The van der Waals surface area contributed by atoms with E-state index in [1.807, 2.05) is 0 Å². The van der Waals surface area contributed by atoms with Crippen LogP contribution in [-0.2, 0) is 0 Å². The first-order valence-corrected chi connectivity index (χ1v) is 4.13. The minimum atomic E-state index is -1.19. The molecule has 0 saturated carbocycles. The molecule has 0 unspecified atom stereocenters. The van der Waals surface area contributed by atoms with E-state index in [1.165, 1.54) is 0 Å². The summed E-state index contributed by atoms with van der Waals surface area (Å²) in [5, 5.41) is 0.277. The SMILES string of the molecule is Nc1cc(F)cc2c(N)c(F)c(F)cc12. The van der Waals surface area contributed by atoms with Crippen LogP contribution in [0.25, 0.3) is 10.8 Å². The van der Waals surface area contributed by atoms with Crippen LogP contribution in [0, 0.1) is 17.5 Å².